The number of carbonyl (C=O) groups excluding carboxylic acids is 1. The maximum absolute atomic E-state index is 12.0. The van der Waals surface area contributed by atoms with Gasteiger partial charge in [-0.05, 0) is 32.1 Å². The van der Waals surface area contributed by atoms with Crippen LogP contribution in [0.5, 0.6) is 0 Å². The van der Waals surface area contributed by atoms with Crippen molar-refractivity contribution in [3.05, 3.63) is 0 Å². The zero-order valence-corrected chi connectivity index (χ0v) is 12.4. The van der Waals surface area contributed by atoms with E-state index in [1.165, 1.54) is 0 Å². The molecule has 0 aliphatic carbocycles. The van der Waals surface area contributed by atoms with Crippen LogP contribution in [0.4, 0.5) is 0 Å². The van der Waals surface area contributed by atoms with Crippen LogP contribution in [0, 0.1) is 0 Å². The Bertz CT molecular complexity index is 370. The van der Waals surface area contributed by atoms with E-state index in [4.69, 9.17) is 5.73 Å². The van der Waals surface area contributed by atoms with Gasteiger partial charge in [0.25, 0.3) is 0 Å². The minimum absolute atomic E-state index is 0.0432. The van der Waals surface area contributed by atoms with E-state index in [0.717, 1.165) is 12.2 Å². The van der Waals surface area contributed by atoms with Crippen LogP contribution in [0.3, 0.4) is 0 Å². The summed E-state index contributed by atoms with van der Waals surface area (Å²) in [6.45, 7) is 3.11. The molecule has 1 saturated heterocycles. The van der Waals surface area contributed by atoms with Crippen LogP contribution in [0.15, 0.2) is 0 Å². The number of carbonyl (C=O) groups is 1. The molecule has 1 atom stereocenters. The Balaban J connectivity index is 2.43. The molecular formula is C11H22N2O3S2. The predicted molar refractivity (Wildman–Crippen MR) is 75.4 cm³/mol. The van der Waals surface area contributed by atoms with Gasteiger partial charge in [-0.15, -0.1) is 0 Å². The normalized spacial score (nSPS) is 22.0. The standard InChI is InChI=1S/C11H22N2O3S2/c1-2-13(10-4-7-18(15,16)9-10)11(14)8-17-6-3-5-12/h10H,2-9,12H2,1H3. The number of nitrogens with two attached hydrogens (primary N) is 1. The zero-order chi connectivity index (χ0) is 13.6. The summed E-state index contributed by atoms with van der Waals surface area (Å²) in [6.07, 6.45) is 1.48. The summed E-state index contributed by atoms with van der Waals surface area (Å²) in [6, 6.07) is -0.123. The first-order chi connectivity index (χ1) is 8.50. The van der Waals surface area contributed by atoms with Crippen molar-refractivity contribution in [2.24, 2.45) is 5.73 Å². The van der Waals surface area contributed by atoms with Crippen LogP contribution in [-0.4, -0.2) is 61.4 Å². The van der Waals surface area contributed by atoms with E-state index in [1.54, 1.807) is 16.7 Å². The molecule has 0 spiro atoms. The van der Waals surface area contributed by atoms with Crippen molar-refractivity contribution in [3.8, 4) is 0 Å². The van der Waals surface area contributed by atoms with Crippen LogP contribution >= 0.6 is 11.8 Å². The smallest absolute Gasteiger partial charge is 0.232 e. The molecular weight excluding hydrogens is 272 g/mol. The lowest BCUT2D eigenvalue weighted by molar-refractivity contribution is -0.129. The highest BCUT2D eigenvalue weighted by Crippen LogP contribution is 2.18. The third kappa shape index (κ3) is 4.78. The molecule has 1 rings (SSSR count). The number of amides is 1. The van der Waals surface area contributed by atoms with Gasteiger partial charge in [0.05, 0.1) is 17.3 Å². The minimum atomic E-state index is -2.93. The highest BCUT2D eigenvalue weighted by Gasteiger charge is 2.33. The highest BCUT2D eigenvalue weighted by molar-refractivity contribution is 7.99. The molecule has 0 bridgehead atoms. The second-order valence-electron chi connectivity index (χ2n) is 4.43. The Morgan fingerprint density at radius 2 is 2.22 bits per heavy atom. The fraction of sp³-hybridized carbons (Fsp3) is 0.909. The maximum atomic E-state index is 12.0. The van der Waals surface area contributed by atoms with E-state index in [2.05, 4.69) is 0 Å². The number of nitrogens with zero attached hydrogens (tertiary/aromatic N) is 1. The molecule has 1 fully saturated rings. The maximum Gasteiger partial charge on any atom is 0.232 e. The first-order valence-corrected chi connectivity index (χ1v) is 9.25. The highest BCUT2D eigenvalue weighted by atomic mass is 32.2. The topological polar surface area (TPSA) is 80.5 Å². The molecule has 1 heterocycles. The minimum Gasteiger partial charge on any atom is -0.338 e. The monoisotopic (exact) mass is 294 g/mol. The molecule has 5 nitrogen and oxygen atoms in total. The van der Waals surface area contributed by atoms with Gasteiger partial charge in [0.2, 0.25) is 5.91 Å². The Morgan fingerprint density at radius 1 is 1.50 bits per heavy atom. The zero-order valence-electron chi connectivity index (χ0n) is 10.8. The molecule has 0 aromatic rings. The second-order valence-corrected chi connectivity index (χ2v) is 7.77. The van der Waals surface area contributed by atoms with Crippen molar-refractivity contribution in [2.75, 3.05) is 36.1 Å². The molecule has 1 aliphatic rings. The average molecular weight is 294 g/mol. The summed E-state index contributed by atoms with van der Waals surface area (Å²) in [5.74, 6) is 1.68. The van der Waals surface area contributed by atoms with E-state index in [9.17, 15) is 13.2 Å². The van der Waals surface area contributed by atoms with Gasteiger partial charge < -0.3 is 10.6 Å². The van der Waals surface area contributed by atoms with Gasteiger partial charge in [-0.1, -0.05) is 0 Å². The Morgan fingerprint density at radius 3 is 2.72 bits per heavy atom. The van der Waals surface area contributed by atoms with Crippen molar-refractivity contribution >= 4 is 27.5 Å². The van der Waals surface area contributed by atoms with Crippen molar-refractivity contribution in [1.82, 2.24) is 4.90 Å². The molecule has 0 radical (unpaired) electrons. The summed E-state index contributed by atoms with van der Waals surface area (Å²) in [4.78, 5) is 13.7. The van der Waals surface area contributed by atoms with Crippen LogP contribution in [0.2, 0.25) is 0 Å². The third-order valence-corrected chi connectivity index (χ3v) is 5.81. The number of thioether (sulfide) groups is 1. The Hall–Kier alpha value is -0.270. The second kappa shape index (κ2) is 7.35. The van der Waals surface area contributed by atoms with Gasteiger partial charge >= 0.3 is 0 Å². The fourth-order valence-electron chi connectivity index (χ4n) is 2.09. The molecule has 106 valence electrons. The van der Waals surface area contributed by atoms with Crippen molar-refractivity contribution < 1.29 is 13.2 Å². The molecule has 7 heteroatoms. The lowest BCUT2D eigenvalue weighted by Crippen LogP contribution is -2.42. The van der Waals surface area contributed by atoms with Crippen LogP contribution in [0.1, 0.15) is 19.8 Å². The molecule has 1 aliphatic heterocycles. The molecule has 0 aromatic carbocycles. The van der Waals surface area contributed by atoms with Gasteiger partial charge in [-0.25, -0.2) is 8.42 Å². The number of rotatable bonds is 7. The van der Waals surface area contributed by atoms with Gasteiger partial charge in [-0.3, -0.25) is 4.79 Å². The van der Waals surface area contributed by atoms with E-state index in [-0.39, 0.29) is 23.5 Å². The predicted octanol–water partition coefficient (Wildman–Crippen LogP) is 0.104. The van der Waals surface area contributed by atoms with Gasteiger partial charge in [0.15, 0.2) is 9.84 Å². The summed E-state index contributed by atoms with van der Waals surface area (Å²) >= 11 is 1.57. The quantitative estimate of drug-likeness (QED) is 0.674. The number of hydrogen-bond donors (Lipinski definition) is 1. The van der Waals surface area contributed by atoms with E-state index < -0.39 is 9.84 Å². The third-order valence-electron chi connectivity index (χ3n) is 3.03. The van der Waals surface area contributed by atoms with Crippen molar-refractivity contribution in [2.45, 2.75) is 25.8 Å². The van der Waals surface area contributed by atoms with Crippen molar-refractivity contribution in [1.29, 1.82) is 0 Å². The first kappa shape index (κ1) is 15.8. The first-order valence-electron chi connectivity index (χ1n) is 6.28. The van der Waals surface area contributed by atoms with Gasteiger partial charge in [0, 0.05) is 12.6 Å². The number of sulfone groups is 1. The summed E-state index contributed by atoms with van der Waals surface area (Å²) in [5.41, 5.74) is 5.39. The number of hydrogen-bond acceptors (Lipinski definition) is 5. The molecule has 0 aromatic heterocycles. The van der Waals surface area contributed by atoms with E-state index in [1.807, 2.05) is 6.92 Å². The summed E-state index contributed by atoms with van der Waals surface area (Å²) < 4.78 is 22.9. The molecule has 0 saturated carbocycles. The molecule has 1 amide bonds. The largest absolute Gasteiger partial charge is 0.338 e. The average Bonchev–Trinajstić information content (AvgIpc) is 2.66. The van der Waals surface area contributed by atoms with E-state index >= 15 is 0 Å². The van der Waals surface area contributed by atoms with Crippen LogP contribution in [-0.2, 0) is 14.6 Å². The Kier molecular flexibility index (Phi) is 6.45. The Labute approximate surface area is 113 Å². The van der Waals surface area contributed by atoms with Crippen molar-refractivity contribution in [3.63, 3.8) is 0 Å². The fourth-order valence-corrected chi connectivity index (χ4v) is 4.67. The van der Waals surface area contributed by atoms with E-state index in [0.29, 0.717) is 25.3 Å². The van der Waals surface area contributed by atoms with Crippen LogP contribution in [0.25, 0.3) is 0 Å². The summed E-state index contributed by atoms with van der Waals surface area (Å²) in [5, 5.41) is 0. The molecule has 2 N–H and O–H groups in total. The molecule has 1 unspecified atom stereocenters. The lowest BCUT2D eigenvalue weighted by atomic mass is 10.2. The molecule has 18 heavy (non-hydrogen) atoms. The van der Waals surface area contributed by atoms with Gasteiger partial charge in [0.1, 0.15) is 0 Å². The lowest BCUT2D eigenvalue weighted by Gasteiger charge is -2.26. The summed E-state index contributed by atoms with van der Waals surface area (Å²) in [7, 11) is -2.93. The van der Waals surface area contributed by atoms with Gasteiger partial charge in [-0.2, -0.15) is 11.8 Å². The SMILES string of the molecule is CCN(C(=O)CSCCCN)C1CCS(=O)(=O)C1. The van der Waals surface area contributed by atoms with Crippen LogP contribution < -0.4 is 5.73 Å².